The molecule has 0 fully saturated rings. The van der Waals surface area contributed by atoms with Crippen LogP contribution in [-0.4, -0.2) is 24.0 Å². The molecule has 0 saturated carbocycles. The molecular formula is C18H21N3O. The van der Waals surface area contributed by atoms with Gasteiger partial charge < -0.3 is 10.6 Å². The highest BCUT2D eigenvalue weighted by atomic mass is 16.1. The predicted octanol–water partition coefficient (Wildman–Crippen LogP) is 2.52. The number of anilines is 1. The largest absolute Gasteiger partial charge is 0.370 e. The number of hydrogen-bond acceptors (Lipinski definition) is 3. The molecule has 2 aromatic rings. The second-order valence-corrected chi connectivity index (χ2v) is 6.48. The molecule has 4 heteroatoms. The molecule has 2 heterocycles. The molecule has 0 bridgehead atoms. The van der Waals surface area contributed by atoms with E-state index in [0.717, 1.165) is 25.2 Å². The molecule has 2 N–H and O–H groups in total. The summed E-state index contributed by atoms with van der Waals surface area (Å²) in [6, 6.07) is 12.4. The monoisotopic (exact) mass is 295 g/mol. The highest BCUT2D eigenvalue weighted by molar-refractivity contribution is 5.91. The fourth-order valence-corrected chi connectivity index (χ4v) is 3.27. The third-order valence-electron chi connectivity index (χ3n) is 4.34. The third kappa shape index (κ3) is 2.69. The van der Waals surface area contributed by atoms with E-state index < -0.39 is 5.91 Å². The van der Waals surface area contributed by atoms with Gasteiger partial charge in [0.05, 0.1) is 0 Å². The van der Waals surface area contributed by atoms with Crippen molar-refractivity contribution in [3.05, 3.63) is 59.4 Å². The Labute approximate surface area is 131 Å². The van der Waals surface area contributed by atoms with Gasteiger partial charge in [-0.1, -0.05) is 38.1 Å². The molecule has 3 rings (SSSR count). The average Bonchev–Trinajstić information content (AvgIpc) is 2.64. The van der Waals surface area contributed by atoms with Gasteiger partial charge in [-0.25, -0.2) is 0 Å². The summed E-state index contributed by atoms with van der Waals surface area (Å²) in [6.45, 7) is 6.34. The van der Waals surface area contributed by atoms with Gasteiger partial charge in [-0.3, -0.25) is 9.78 Å². The minimum atomic E-state index is -0.487. The summed E-state index contributed by atoms with van der Waals surface area (Å²) in [5.74, 6) is -0.487. The van der Waals surface area contributed by atoms with E-state index in [9.17, 15) is 4.79 Å². The van der Waals surface area contributed by atoms with Gasteiger partial charge in [0.1, 0.15) is 5.69 Å². The zero-order chi connectivity index (χ0) is 15.7. The summed E-state index contributed by atoms with van der Waals surface area (Å²) in [4.78, 5) is 17.7. The number of rotatable bonds is 2. The van der Waals surface area contributed by atoms with Crippen LogP contribution >= 0.6 is 0 Å². The van der Waals surface area contributed by atoms with Gasteiger partial charge in [0.25, 0.3) is 5.91 Å². The first-order valence-corrected chi connectivity index (χ1v) is 7.56. The maximum atomic E-state index is 11.4. The summed E-state index contributed by atoms with van der Waals surface area (Å²) >= 11 is 0. The van der Waals surface area contributed by atoms with Crippen LogP contribution in [0, 0.1) is 0 Å². The van der Waals surface area contributed by atoms with E-state index in [1.54, 1.807) is 12.3 Å². The molecule has 22 heavy (non-hydrogen) atoms. The number of benzene rings is 1. The highest BCUT2D eigenvalue weighted by Crippen LogP contribution is 2.32. The zero-order valence-corrected chi connectivity index (χ0v) is 13.0. The fourth-order valence-electron chi connectivity index (χ4n) is 3.27. The minimum absolute atomic E-state index is 0.0449. The van der Waals surface area contributed by atoms with Crippen molar-refractivity contribution in [1.82, 2.24) is 4.98 Å². The summed E-state index contributed by atoms with van der Waals surface area (Å²) < 4.78 is 0. The summed E-state index contributed by atoms with van der Waals surface area (Å²) in [5, 5.41) is 0. The summed E-state index contributed by atoms with van der Waals surface area (Å²) in [6.07, 6.45) is 2.65. The van der Waals surface area contributed by atoms with Crippen molar-refractivity contribution in [3.8, 4) is 0 Å². The van der Waals surface area contributed by atoms with Crippen molar-refractivity contribution < 1.29 is 4.79 Å². The molecule has 1 aliphatic rings. The van der Waals surface area contributed by atoms with Gasteiger partial charge in [-0.15, -0.1) is 0 Å². The smallest absolute Gasteiger partial charge is 0.267 e. The molecule has 1 amide bonds. The number of amides is 1. The van der Waals surface area contributed by atoms with E-state index in [4.69, 9.17) is 5.73 Å². The van der Waals surface area contributed by atoms with Crippen molar-refractivity contribution in [2.24, 2.45) is 5.73 Å². The fraction of sp³-hybridized carbons (Fsp3) is 0.333. The van der Waals surface area contributed by atoms with Gasteiger partial charge in [0.2, 0.25) is 0 Å². The Hall–Kier alpha value is -2.36. The number of primary amides is 1. The highest BCUT2D eigenvalue weighted by Gasteiger charge is 2.29. The topological polar surface area (TPSA) is 59.2 Å². The number of pyridine rings is 1. The zero-order valence-electron chi connectivity index (χ0n) is 13.0. The Kier molecular flexibility index (Phi) is 3.61. The third-order valence-corrected chi connectivity index (χ3v) is 4.34. The standard InChI is InChI=1S/C18H21N3O/c1-18(2)12-21(10-8-13-5-3-4-6-15(13)18)14-7-9-20-16(11-14)17(19)22/h3-7,9,11H,8,10,12H2,1-2H3,(H2,19,22). The molecule has 114 valence electrons. The molecule has 1 aromatic carbocycles. The first-order valence-electron chi connectivity index (χ1n) is 7.56. The van der Waals surface area contributed by atoms with Gasteiger partial charge >= 0.3 is 0 Å². The molecule has 0 atom stereocenters. The van der Waals surface area contributed by atoms with Crippen LogP contribution in [-0.2, 0) is 11.8 Å². The average molecular weight is 295 g/mol. The lowest BCUT2D eigenvalue weighted by molar-refractivity contribution is 0.0995. The molecular weight excluding hydrogens is 274 g/mol. The Morgan fingerprint density at radius 2 is 2.05 bits per heavy atom. The predicted molar refractivity (Wildman–Crippen MR) is 88.1 cm³/mol. The van der Waals surface area contributed by atoms with Crippen LogP contribution in [0.1, 0.15) is 35.5 Å². The Morgan fingerprint density at radius 1 is 1.27 bits per heavy atom. The van der Waals surface area contributed by atoms with Crippen molar-refractivity contribution in [3.63, 3.8) is 0 Å². The lowest BCUT2D eigenvalue weighted by Gasteiger charge is -2.32. The maximum absolute atomic E-state index is 11.4. The molecule has 1 aliphatic heterocycles. The molecule has 0 radical (unpaired) electrons. The number of nitrogens with zero attached hydrogens (tertiary/aromatic N) is 2. The molecule has 4 nitrogen and oxygen atoms in total. The summed E-state index contributed by atoms with van der Waals surface area (Å²) in [5.41, 5.74) is 9.52. The van der Waals surface area contributed by atoms with Crippen LogP contribution in [0.5, 0.6) is 0 Å². The number of carbonyl (C=O) groups is 1. The molecule has 0 spiro atoms. The number of nitrogens with two attached hydrogens (primary N) is 1. The second-order valence-electron chi connectivity index (χ2n) is 6.48. The lowest BCUT2D eigenvalue weighted by atomic mass is 9.82. The lowest BCUT2D eigenvalue weighted by Crippen LogP contribution is -2.36. The van der Waals surface area contributed by atoms with Gasteiger partial charge in [0.15, 0.2) is 0 Å². The van der Waals surface area contributed by atoms with Crippen LogP contribution in [0.2, 0.25) is 0 Å². The van der Waals surface area contributed by atoms with Crippen LogP contribution in [0.3, 0.4) is 0 Å². The van der Waals surface area contributed by atoms with E-state index in [1.807, 2.05) is 6.07 Å². The first kappa shape index (κ1) is 14.6. The number of fused-ring (bicyclic) bond motifs is 1. The van der Waals surface area contributed by atoms with Crippen LogP contribution in [0.25, 0.3) is 0 Å². The van der Waals surface area contributed by atoms with Crippen LogP contribution in [0.4, 0.5) is 5.69 Å². The van der Waals surface area contributed by atoms with Crippen molar-refractivity contribution in [2.75, 3.05) is 18.0 Å². The van der Waals surface area contributed by atoms with E-state index in [0.29, 0.717) is 5.69 Å². The summed E-state index contributed by atoms with van der Waals surface area (Å²) in [7, 11) is 0. The van der Waals surface area contributed by atoms with Crippen molar-refractivity contribution in [2.45, 2.75) is 25.7 Å². The Morgan fingerprint density at radius 3 is 2.82 bits per heavy atom. The van der Waals surface area contributed by atoms with Crippen LogP contribution < -0.4 is 10.6 Å². The molecule has 1 aromatic heterocycles. The van der Waals surface area contributed by atoms with Gasteiger partial charge in [-0.05, 0) is 29.7 Å². The van der Waals surface area contributed by atoms with Crippen molar-refractivity contribution >= 4 is 11.6 Å². The number of carbonyl (C=O) groups excluding carboxylic acids is 1. The Balaban J connectivity index is 1.95. The first-order chi connectivity index (χ1) is 10.5. The number of aromatic nitrogens is 1. The van der Waals surface area contributed by atoms with Gasteiger partial charge in [0, 0.05) is 30.4 Å². The van der Waals surface area contributed by atoms with E-state index in [-0.39, 0.29) is 5.41 Å². The minimum Gasteiger partial charge on any atom is -0.370 e. The van der Waals surface area contributed by atoms with Gasteiger partial charge in [-0.2, -0.15) is 0 Å². The second kappa shape index (κ2) is 5.44. The van der Waals surface area contributed by atoms with E-state index >= 15 is 0 Å². The van der Waals surface area contributed by atoms with E-state index in [2.05, 4.69) is 48.0 Å². The number of hydrogen-bond donors (Lipinski definition) is 1. The SMILES string of the molecule is CC1(C)CN(c2ccnc(C(N)=O)c2)CCc2ccccc21. The molecule has 0 saturated heterocycles. The molecule has 0 unspecified atom stereocenters. The Bertz CT molecular complexity index is 709. The van der Waals surface area contributed by atoms with Crippen LogP contribution in [0.15, 0.2) is 42.6 Å². The van der Waals surface area contributed by atoms with E-state index in [1.165, 1.54) is 11.1 Å². The normalized spacial score (nSPS) is 16.7. The molecule has 0 aliphatic carbocycles. The van der Waals surface area contributed by atoms with Crippen molar-refractivity contribution in [1.29, 1.82) is 0 Å². The maximum Gasteiger partial charge on any atom is 0.267 e. The quantitative estimate of drug-likeness (QED) is 0.926.